The van der Waals surface area contributed by atoms with Crippen LogP contribution in [0.25, 0.3) is 0 Å². The fourth-order valence-electron chi connectivity index (χ4n) is 0.481. The van der Waals surface area contributed by atoms with Crippen LogP contribution in [0.3, 0.4) is 0 Å². The van der Waals surface area contributed by atoms with E-state index < -0.39 is 37.8 Å². The lowest BCUT2D eigenvalue weighted by Crippen LogP contribution is -2.36. The van der Waals surface area contributed by atoms with E-state index in [9.17, 15) is 22.8 Å². The Morgan fingerprint density at radius 1 is 1.29 bits per heavy atom. The van der Waals surface area contributed by atoms with Crippen LogP contribution in [0.2, 0.25) is 0 Å². The van der Waals surface area contributed by atoms with Crippen molar-refractivity contribution in [2.75, 3.05) is 19.8 Å². The number of carbonyl (C=O) groups is 2. The number of rotatable bonds is 5. The van der Waals surface area contributed by atoms with Crippen molar-refractivity contribution < 1.29 is 32.6 Å². The van der Waals surface area contributed by atoms with Gasteiger partial charge in [-0.1, -0.05) is 0 Å². The van der Waals surface area contributed by atoms with Gasteiger partial charge in [0.1, 0.15) is 19.8 Å². The van der Waals surface area contributed by atoms with Gasteiger partial charge in [-0.2, -0.15) is 13.2 Å². The molecule has 0 rings (SSSR count). The Hall–Kier alpha value is -1.31. The average Bonchev–Trinajstić information content (AvgIpc) is 1.99. The van der Waals surface area contributed by atoms with Crippen LogP contribution in [0.1, 0.15) is 0 Å². The molecular formula is C6H8F3NO4. The minimum Gasteiger partial charge on any atom is -0.480 e. The molecule has 0 aromatic rings. The van der Waals surface area contributed by atoms with Gasteiger partial charge in [0.25, 0.3) is 0 Å². The molecule has 0 aromatic carbocycles. The van der Waals surface area contributed by atoms with Crippen molar-refractivity contribution >= 4 is 11.9 Å². The normalized spacial score (nSPS) is 11.1. The van der Waals surface area contributed by atoms with Crippen LogP contribution in [0.5, 0.6) is 0 Å². The Labute approximate surface area is 76.8 Å². The van der Waals surface area contributed by atoms with Crippen molar-refractivity contribution in [1.29, 1.82) is 0 Å². The molecule has 0 saturated carbocycles. The number of carboxylic acids is 1. The number of nitrogens with one attached hydrogen (secondary N) is 1. The van der Waals surface area contributed by atoms with Gasteiger partial charge in [-0.15, -0.1) is 0 Å². The third-order valence-electron chi connectivity index (χ3n) is 0.945. The number of ether oxygens (including phenoxy) is 1. The lowest BCUT2D eigenvalue weighted by Gasteiger charge is -2.07. The number of hydrogen-bond acceptors (Lipinski definition) is 3. The quantitative estimate of drug-likeness (QED) is 0.664. The zero-order chi connectivity index (χ0) is 11.2. The van der Waals surface area contributed by atoms with Gasteiger partial charge < -0.3 is 15.2 Å². The summed E-state index contributed by atoms with van der Waals surface area (Å²) in [6.45, 7) is -2.88. The first kappa shape index (κ1) is 12.7. The van der Waals surface area contributed by atoms with Gasteiger partial charge in [-0.3, -0.25) is 4.79 Å². The van der Waals surface area contributed by atoms with E-state index in [1.165, 1.54) is 5.32 Å². The van der Waals surface area contributed by atoms with E-state index in [1.54, 1.807) is 0 Å². The molecule has 0 unspecified atom stereocenters. The predicted molar refractivity (Wildman–Crippen MR) is 37.5 cm³/mol. The minimum atomic E-state index is -4.48. The number of hydrogen-bond donors (Lipinski definition) is 2. The van der Waals surface area contributed by atoms with Gasteiger partial charge in [0, 0.05) is 0 Å². The van der Waals surface area contributed by atoms with Gasteiger partial charge in [0.05, 0.1) is 0 Å². The second-order valence-corrected chi connectivity index (χ2v) is 2.28. The van der Waals surface area contributed by atoms with Gasteiger partial charge in [0.2, 0.25) is 5.91 Å². The number of amides is 1. The zero-order valence-electron chi connectivity index (χ0n) is 6.93. The van der Waals surface area contributed by atoms with Crippen LogP contribution in [0.15, 0.2) is 0 Å². The maximum atomic E-state index is 11.5. The van der Waals surface area contributed by atoms with Crippen LogP contribution in [-0.4, -0.2) is 42.9 Å². The molecular weight excluding hydrogens is 207 g/mol. The average molecular weight is 215 g/mol. The molecule has 0 heterocycles. The molecule has 0 bridgehead atoms. The van der Waals surface area contributed by atoms with Crippen LogP contribution in [-0.2, 0) is 14.3 Å². The van der Waals surface area contributed by atoms with Crippen molar-refractivity contribution in [3.05, 3.63) is 0 Å². The van der Waals surface area contributed by atoms with Crippen LogP contribution in [0.4, 0.5) is 13.2 Å². The number of halogens is 3. The lowest BCUT2D eigenvalue weighted by molar-refractivity contribution is -0.146. The highest BCUT2D eigenvalue weighted by Gasteiger charge is 2.27. The Bertz CT molecular complexity index is 216. The van der Waals surface area contributed by atoms with Crippen LogP contribution in [0, 0.1) is 0 Å². The zero-order valence-corrected chi connectivity index (χ0v) is 6.93. The standard InChI is InChI=1S/C6H8F3NO4/c7-6(8,9)3-10-4(11)1-14-2-5(12)13/h1-3H2,(H,10,11)(H,12,13). The van der Waals surface area contributed by atoms with Crippen LogP contribution < -0.4 is 5.32 Å². The SMILES string of the molecule is O=C(O)COCC(=O)NCC(F)(F)F. The summed E-state index contributed by atoms with van der Waals surface area (Å²) >= 11 is 0. The van der Waals surface area contributed by atoms with Gasteiger partial charge in [-0.25, -0.2) is 4.79 Å². The number of carbonyl (C=O) groups excluding carboxylic acids is 1. The fourth-order valence-corrected chi connectivity index (χ4v) is 0.481. The molecule has 14 heavy (non-hydrogen) atoms. The third-order valence-corrected chi connectivity index (χ3v) is 0.945. The Balaban J connectivity index is 3.52. The van der Waals surface area contributed by atoms with E-state index in [1.807, 2.05) is 0 Å². The van der Waals surface area contributed by atoms with Crippen molar-refractivity contribution in [1.82, 2.24) is 5.32 Å². The van der Waals surface area contributed by atoms with Gasteiger partial charge >= 0.3 is 12.1 Å². The summed E-state index contributed by atoms with van der Waals surface area (Å²) in [7, 11) is 0. The lowest BCUT2D eigenvalue weighted by atomic mass is 10.5. The predicted octanol–water partition coefficient (Wildman–Crippen LogP) is -0.234. The van der Waals surface area contributed by atoms with E-state index in [4.69, 9.17) is 5.11 Å². The van der Waals surface area contributed by atoms with Gasteiger partial charge in [0.15, 0.2) is 0 Å². The first-order valence-corrected chi connectivity index (χ1v) is 3.44. The summed E-state index contributed by atoms with van der Waals surface area (Å²) < 4.78 is 38.8. The topological polar surface area (TPSA) is 75.6 Å². The monoisotopic (exact) mass is 215 g/mol. The van der Waals surface area contributed by atoms with E-state index in [-0.39, 0.29) is 0 Å². The molecule has 0 aromatic heterocycles. The van der Waals surface area contributed by atoms with Crippen molar-refractivity contribution in [3.8, 4) is 0 Å². The summed E-state index contributed by atoms with van der Waals surface area (Å²) in [5.41, 5.74) is 0. The van der Waals surface area contributed by atoms with Crippen LogP contribution >= 0.6 is 0 Å². The summed E-state index contributed by atoms with van der Waals surface area (Å²) in [6, 6.07) is 0. The molecule has 0 aliphatic heterocycles. The minimum absolute atomic E-state index is 0.706. The summed E-state index contributed by atoms with van der Waals surface area (Å²) in [5.74, 6) is -2.31. The van der Waals surface area contributed by atoms with Crippen molar-refractivity contribution in [2.45, 2.75) is 6.18 Å². The van der Waals surface area contributed by atoms with E-state index in [2.05, 4.69) is 4.74 Å². The molecule has 8 heteroatoms. The smallest absolute Gasteiger partial charge is 0.405 e. The largest absolute Gasteiger partial charge is 0.480 e. The number of carboxylic acid groups (broad SMARTS) is 1. The summed E-state index contributed by atoms with van der Waals surface area (Å²) in [4.78, 5) is 20.4. The molecule has 2 N–H and O–H groups in total. The van der Waals surface area contributed by atoms with E-state index >= 15 is 0 Å². The molecule has 0 saturated heterocycles. The number of alkyl halides is 3. The highest BCUT2D eigenvalue weighted by atomic mass is 19.4. The molecule has 5 nitrogen and oxygen atoms in total. The Kier molecular flexibility index (Phi) is 4.92. The molecule has 82 valence electrons. The highest BCUT2D eigenvalue weighted by Crippen LogP contribution is 2.11. The number of aliphatic carboxylic acids is 1. The fraction of sp³-hybridized carbons (Fsp3) is 0.667. The maximum absolute atomic E-state index is 11.5. The second kappa shape index (κ2) is 5.43. The Morgan fingerprint density at radius 3 is 2.29 bits per heavy atom. The maximum Gasteiger partial charge on any atom is 0.405 e. The highest BCUT2D eigenvalue weighted by molar-refractivity contribution is 5.77. The molecule has 0 aliphatic rings. The van der Waals surface area contributed by atoms with Crippen molar-refractivity contribution in [2.24, 2.45) is 0 Å². The molecule has 0 atom stereocenters. The Morgan fingerprint density at radius 2 is 1.86 bits per heavy atom. The second-order valence-electron chi connectivity index (χ2n) is 2.28. The van der Waals surface area contributed by atoms with Gasteiger partial charge in [-0.05, 0) is 0 Å². The third kappa shape index (κ3) is 8.78. The van der Waals surface area contributed by atoms with E-state index in [0.717, 1.165) is 0 Å². The van der Waals surface area contributed by atoms with Crippen molar-refractivity contribution in [3.63, 3.8) is 0 Å². The molecule has 0 radical (unpaired) electrons. The van der Waals surface area contributed by atoms with E-state index in [0.29, 0.717) is 0 Å². The molecule has 0 spiro atoms. The molecule has 0 fully saturated rings. The first-order chi connectivity index (χ1) is 6.31. The molecule has 0 aliphatic carbocycles. The summed E-state index contributed by atoms with van der Waals surface area (Å²) in [5, 5.41) is 9.56. The first-order valence-electron chi connectivity index (χ1n) is 3.44. The molecule has 1 amide bonds. The summed E-state index contributed by atoms with van der Waals surface area (Å²) in [6.07, 6.45) is -4.48.